The van der Waals surface area contributed by atoms with E-state index in [-0.39, 0.29) is 5.91 Å². The summed E-state index contributed by atoms with van der Waals surface area (Å²) in [5.41, 5.74) is 8.49. The Morgan fingerprint density at radius 2 is 2.13 bits per heavy atom. The summed E-state index contributed by atoms with van der Waals surface area (Å²) in [5.74, 6) is 0.380. The molecule has 2 heterocycles. The minimum absolute atomic E-state index is 0.0989. The van der Waals surface area contributed by atoms with E-state index >= 15 is 0 Å². The van der Waals surface area contributed by atoms with Crippen molar-refractivity contribution in [3.63, 3.8) is 0 Å². The molecule has 0 aliphatic rings. The van der Waals surface area contributed by atoms with Gasteiger partial charge in [0.15, 0.2) is 5.13 Å². The third-order valence-corrected chi connectivity index (χ3v) is 5.13. The van der Waals surface area contributed by atoms with Gasteiger partial charge in [-0.25, -0.2) is 9.97 Å². The number of nitrogens with one attached hydrogen (secondary N) is 2. The zero-order valence-corrected chi connectivity index (χ0v) is 14.2. The first-order valence-electron chi connectivity index (χ1n) is 6.85. The van der Waals surface area contributed by atoms with Gasteiger partial charge in [-0.3, -0.25) is 4.79 Å². The highest BCUT2D eigenvalue weighted by atomic mass is 32.1. The van der Waals surface area contributed by atoms with E-state index in [1.807, 2.05) is 36.7 Å². The van der Waals surface area contributed by atoms with Crippen molar-refractivity contribution in [2.45, 2.75) is 6.92 Å². The number of hydrogen-bond acceptors (Lipinski definition) is 7. The molecule has 0 unspecified atom stereocenters. The van der Waals surface area contributed by atoms with Gasteiger partial charge in [-0.05, 0) is 12.1 Å². The standard InChI is InChI=1S/C15H15N5OS2/c1-8(21)18-10-5-3-4-9(6-10)11-7-22-14(19-11)12-13(16)20-15(17-2)23-12/h3-7H,16H2,1-2H3,(H,17,20)(H,18,21). The number of nitrogen functional groups attached to an aromatic ring is 1. The van der Waals surface area contributed by atoms with Crippen LogP contribution >= 0.6 is 22.7 Å². The van der Waals surface area contributed by atoms with Gasteiger partial charge in [0.05, 0.1) is 5.69 Å². The Hall–Kier alpha value is -2.45. The first-order valence-corrected chi connectivity index (χ1v) is 8.54. The molecular weight excluding hydrogens is 330 g/mol. The summed E-state index contributed by atoms with van der Waals surface area (Å²) in [7, 11) is 1.81. The van der Waals surface area contributed by atoms with Crippen LogP contribution in [-0.2, 0) is 4.79 Å². The van der Waals surface area contributed by atoms with E-state index in [2.05, 4.69) is 20.6 Å². The minimum atomic E-state index is -0.0989. The smallest absolute Gasteiger partial charge is 0.221 e. The van der Waals surface area contributed by atoms with Gasteiger partial charge in [-0.1, -0.05) is 23.5 Å². The number of aromatic nitrogens is 2. The monoisotopic (exact) mass is 345 g/mol. The third-order valence-electron chi connectivity index (χ3n) is 3.04. The molecule has 6 nitrogen and oxygen atoms in total. The number of anilines is 3. The van der Waals surface area contributed by atoms with E-state index in [1.165, 1.54) is 29.6 Å². The van der Waals surface area contributed by atoms with E-state index in [9.17, 15) is 4.79 Å². The topological polar surface area (TPSA) is 92.9 Å². The van der Waals surface area contributed by atoms with E-state index < -0.39 is 0 Å². The van der Waals surface area contributed by atoms with Crippen molar-refractivity contribution < 1.29 is 4.79 Å². The molecule has 1 amide bonds. The lowest BCUT2D eigenvalue weighted by Crippen LogP contribution is -2.05. The maximum atomic E-state index is 11.2. The second-order valence-corrected chi connectivity index (χ2v) is 6.64. The molecular formula is C15H15N5OS2. The Morgan fingerprint density at radius 3 is 2.83 bits per heavy atom. The van der Waals surface area contributed by atoms with E-state index in [0.717, 1.165) is 32.0 Å². The van der Waals surface area contributed by atoms with Crippen LogP contribution in [0.4, 0.5) is 16.6 Å². The molecule has 0 saturated heterocycles. The highest BCUT2D eigenvalue weighted by Gasteiger charge is 2.14. The molecule has 1 aromatic carbocycles. The quantitative estimate of drug-likeness (QED) is 0.673. The van der Waals surface area contributed by atoms with Crippen LogP contribution in [0.2, 0.25) is 0 Å². The Labute approximate surface area is 141 Å². The fraction of sp³-hybridized carbons (Fsp3) is 0.133. The summed E-state index contributed by atoms with van der Waals surface area (Å²) in [6.45, 7) is 1.49. The lowest BCUT2D eigenvalue weighted by molar-refractivity contribution is -0.114. The maximum absolute atomic E-state index is 11.2. The number of benzene rings is 1. The molecule has 3 rings (SSSR count). The zero-order chi connectivity index (χ0) is 16.4. The zero-order valence-electron chi connectivity index (χ0n) is 12.6. The summed E-state index contributed by atoms with van der Waals surface area (Å²) in [4.78, 5) is 20.9. The van der Waals surface area contributed by atoms with Crippen LogP contribution in [-0.4, -0.2) is 22.9 Å². The van der Waals surface area contributed by atoms with Gasteiger partial charge < -0.3 is 16.4 Å². The predicted molar refractivity (Wildman–Crippen MR) is 96.9 cm³/mol. The number of thiazole rings is 2. The average molecular weight is 345 g/mol. The molecule has 0 saturated carbocycles. The molecule has 23 heavy (non-hydrogen) atoms. The molecule has 0 atom stereocenters. The SMILES string of the molecule is CNc1nc(N)c(-c2nc(-c3cccc(NC(C)=O)c3)cs2)s1. The normalized spacial score (nSPS) is 10.5. The molecule has 2 aromatic heterocycles. The average Bonchev–Trinajstić information content (AvgIpc) is 3.13. The van der Waals surface area contributed by atoms with Gasteiger partial charge in [0.25, 0.3) is 0 Å². The van der Waals surface area contributed by atoms with Gasteiger partial charge in [-0.15, -0.1) is 11.3 Å². The lowest BCUT2D eigenvalue weighted by Gasteiger charge is -2.03. The summed E-state index contributed by atoms with van der Waals surface area (Å²) >= 11 is 3.00. The summed E-state index contributed by atoms with van der Waals surface area (Å²) in [5, 5.41) is 9.33. The fourth-order valence-corrected chi connectivity index (χ4v) is 3.83. The lowest BCUT2D eigenvalue weighted by atomic mass is 10.1. The van der Waals surface area contributed by atoms with Crippen molar-refractivity contribution in [2.75, 3.05) is 23.4 Å². The molecule has 8 heteroatoms. The van der Waals surface area contributed by atoms with Crippen LogP contribution in [0.25, 0.3) is 21.1 Å². The molecule has 0 spiro atoms. The van der Waals surface area contributed by atoms with Crippen LogP contribution in [0.1, 0.15) is 6.92 Å². The van der Waals surface area contributed by atoms with Gasteiger partial charge in [0.2, 0.25) is 5.91 Å². The molecule has 0 aliphatic heterocycles. The van der Waals surface area contributed by atoms with Crippen LogP contribution in [0.3, 0.4) is 0 Å². The number of hydrogen-bond donors (Lipinski definition) is 3. The minimum Gasteiger partial charge on any atom is -0.382 e. The van der Waals surface area contributed by atoms with Crippen molar-refractivity contribution in [3.05, 3.63) is 29.6 Å². The molecule has 0 aliphatic carbocycles. The Bertz CT molecular complexity index is 855. The molecule has 0 bridgehead atoms. The second kappa shape index (κ2) is 6.35. The number of amides is 1. The Morgan fingerprint density at radius 1 is 1.30 bits per heavy atom. The fourth-order valence-electron chi connectivity index (χ4n) is 2.06. The van der Waals surface area contributed by atoms with E-state index in [1.54, 1.807) is 0 Å². The van der Waals surface area contributed by atoms with Crippen LogP contribution in [0.5, 0.6) is 0 Å². The Kier molecular flexibility index (Phi) is 4.26. The molecule has 0 radical (unpaired) electrons. The molecule has 118 valence electrons. The third kappa shape index (κ3) is 3.33. The molecule has 3 aromatic rings. The number of rotatable bonds is 4. The first-order chi connectivity index (χ1) is 11.1. The maximum Gasteiger partial charge on any atom is 0.221 e. The largest absolute Gasteiger partial charge is 0.382 e. The van der Waals surface area contributed by atoms with Crippen LogP contribution in [0.15, 0.2) is 29.6 Å². The van der Waals surface area contributed by atoms with Crippen molar-refractivity contribution in [1.29, 1.82) is 0 Å². The number of nitrogens with zero attached hydrogens (tertiary/aromatic N) is 2. The Balaban J connectivity index is 1.92. The summed E-state index contributed by atoms with van der Waals surface area (Å²) in [6.07, 6.45) is 0. The number of carbonyl (C=O) groups excluding carboxylic acids is 1. The van der Waals surface area contributed by atoms with Crippen LogP contribution < -0.4 is 16.4 Å². The van der Waals surface area contributed by atoms with Crippen LogP contribution in [0, 0.1) is 0 Å². The van der Waals surface area contributed by atoms with Crippen molar-refractivity contribution in [3.8, 4) is 21.1 Å². The second-order valence-electron chi connectivity index (χ2n) is 4.78. The van der Waals surface area contributed by atoms with Gasteiger partial charge in [0, 0.05) is 30.6 Å². The van der Waals surface area contributed by atoms with Gasteiger partial charge in [0.1, 0.15) is 15.7 Å². The van der Waals surface area contributed by atoms with Crippen molar-refractivity contribution >= 4 is 45.2 Å². The first kappa shape index (κ1) is 15.4. The molecule has 4 N–H and O–H groups in total. The van der Waals surface area contributed by atoms with Gasteiger partial charge in [-0.2, -0.15) is 0 Å². The predicted octanol–water partition coefficient (Wildman–Crippen LogP) is 3.52. The summed E-state index contributed by atoms with van der Waals surface area (Å²) in [6, 6.07) is 7.59. The van der Waals surface area contributed by atoms with Crippen molar-refractivity contribution in [1.82, 2.24) is 9.97 Å². The van der Waals surface area contributed by atoms with Crippen molar-refractivity contribution in [2.24, 2.45) is 0 Å². The van der Waals surface area contributed by atoms with Gasteiger partial charge >= 0.3 is 0 Å². The van der Waals surface area contributed by atoms with E-state index in [4.69, 9.17) is 5.73 Å². The van der Waals surface area contributed by atoms with E-state index in [0.29, 0.717) is 5.82 Å². The highest BCUT2D eigenvalue weighted by Crippen LogP contribution is 2.38. The number of nitrogens with two attached hydrogens (primary N) is 1. The summed E-state index contributed by atoms with van der Waals surface area (Å²) < 4.78 is 0. The highest BCUT2D eigenvalue weighted by molar-refractivity contribution is 7.23. The molecule has 0 fully saturated rings. The number of carbonyl (C=O) groups is 1.